The van der Waals surface area contributed by atoms with E-state index < -0.39 is 0 Å². The summed E-state index contributed by atoms with van der Waals surface area (Å²) in [5, 5.41) is 0. The summed E-state index contributed by atoms with van der Waals surface area (Å²) in [7, 11) is 0. The van der Waals surface area contributed by atoms with Crippen LogP contribution in [0.3, 0.4) is 0 Å². The van der Waals surface area contributed by atoms with Crippen LogP contribution in [0, 0.1) is 19.7 Å². The van der Waals surface area contributed by atoms with Gasteiger partial charge in [-0.05, 0) is 32.4 Å². The molecule has 1 unspecified atom stereocenters. The first-order valence-electron chi connectivity index (χ1n) is 5.57. The fourth-order valence-electron chi connectivity index (χ4n) is 1.88. The number of rotatable bonds is 2. The lowest BCUT2D eigenvalue weighted by molar-refractivity contribution is 0.609. The van der Waals surface area contributed by atoms with Crippen molar-refractivity contribution in [3.05, 3.63) is 47.3 Å². The molecule has 0 spiro atoms. The molecule has 1 heterocycles. The number of nitrogens with two attached hydrogens (primary N) is 1. The average Bonchev–Trinajstić information content (AvgIpc) is 2.60. The maximum atomic E-state index is 14.0. The Hall–Kier alpha value is -1.68. The lowest BCUT2D eigenvalue weighted by atomic mass is 10.1. The summed E-state index contributed by atoms with van der Waals surface area (Å²) in [5.74, 6) is -0.277. The number of hydrogen-bond acceptors (Lipinski definition) is 2. The second-order valence-electron chi connectivity index (χ2n) is 4.25. The topological polar surface area (TPSA) is 43.8 Å². The van der Waals surface area contributed by atoms with Crippen LogP contribution in [0.5, 0.6) is 0 Å². The molecule has 1 atom stereocenters. The number of benzene rings is 1. The molecule has 0 saturated heterocycles. The van der Waals surface area contributed by atoms with Crippen molar-refractivity contribution >= 4 is 0 Å². The van der Waals surface area contributed by atoms with Gasteiger partial charge in [0.1, 0.15) is 5.82 Å². The van der Waals surface area contributed by atoms with Gasteiger partial charge in [0, 0.05) is 11.7 Å². The van der Waals surface area contributed by atoms with Crippen LogP contribution in [-0.2, 0) is 0 Å². The highest BCUT2D eigenvalue weighted by Gasteiger charge is 2.15. The van der Waals surface area contributed by atoms with Crippen molar-refractivity contribution < 1.29 is 4.39 Å². The van der Waals surface area contributed by atoms with E-state index in [9.17, 15) is 4.39 Å². The van der Waals surface area contributed by atoms with Gasteiger partial charge >= 0.3 is 0 Å². The Kier molecular flexibility index (Phi) is 2.98. The molecule has 90 valence electrons. The van der Waals surface area contributed by atoms with Gasteiger partial charge in [0.05, 0.1) is 17.7 Å². The van der Waals surface area contributed by atoms with Crippen molar-refractivity contribution in [3.63, 3.8) is 0 Å². The minimum Gasteiger partial charge on any atom is -0.324 e. The molecular formula is C13H16FN3. The van der Waals surface area contributed by atoms with Gasteiger partial charge in [-0.3, -0.25) is 0 Å². The first-order chi connectivity index (χ1) is 8.02. The molecule has 0 aliphatic rings. The number of hydrogen-bond donors (Lipinski definition) is 1. The van der Waals surface area contributed by atoms with Crippen LogP contribution in [-0.4, -0.2) is 9.55 Å². The lowest BCUT2D eigenvalue weighted by Crippen LogP contribution is -2.11. The van der Waals surface area contributed by atoms with Crippen LogP contribution in [0.15, 0.2) is 24.5 Å². The Morgan fingerprint density at radius 2 is 2.06 bits per heavy atom. The standard InChI is InChI=1S/C13H16FN3/c1-8(15)11-5-4-6-12(14)13(11)17-7-16-9(2)10(17)3/h4-8H,15H2,1-3H3. The third kappa shape index (κ3) is 1.96. The van der Waals surface area contributed by atoms with E-state index in [1.165, 1.54) is 6.07 Å². The lowest BCUT2D eigenvalue weighted by Gasteiger charge is -2.15. The van der Waals surface area contributed by atoms with Crippen LogP contribution in [0.1, 0.15) is 29.9 Å². The molecule has 0 fully saturated rings. The van der Waals surface area contributed by atoms with Crippen molar-refractivity contribution in [2.24, 2.45) is 5.73 Å². The molecule has 0 bridgehead atoms. The van der Waals surface area contributed by atoms with Crippen LogP contribution in [0.4, 0.5) is 4.39 Å². The third-order valence-electron chi connectivity index (χ3n) is 3.00. The van der Waals surface area contributed by atoms with Gasteiger partial charge in [-0.1, -0.05) is 12.1 Å². The molecule has 0 radical (unpaired) electrons. The predicted octanol–water partition coefficient (Wildman–Crippen LogP) is 2.65. The van der Waals surface area contributed by atoms with Crippen LogP contribution < -0.4 is 5.73 Å². The SMILES string of the molecule is Cc1ncn(-c2c(F)cccc2C(C)N)c1C. The van der Waals surface area contributed by atoms with Crippen molar-refractivity contribution in [1.82, 2.24) is 9.55 Å². The van der Waals surface area contributed by atoms with Crippen LogP contribution in [0.25, 0.3) is 5.69 Å². The number of aromatic nitrogens is 2. The van der Waals surface area contributed by atoms with Crippen LogP contribution >= 0.6 is 0 Å². The summed E-state index contributed by atoms with van der Waals surface area (Å²) in [5.41, 5.74) is 8.98. The first-order valence-corrected chi connectivity index (χ1v) is 5.57. The van der Waals surface area contributed by atoms with Gasteiger partial charge in [-0.25, -0.2) is 9.37 Å². The van der Waals surface area contributed by atoms with Crippen LogP contribution in [0.2, 0.25) is 0 Å². The Morgan fingerprint density at radius 3 is 2.59 bits per heavy atom. The zero-order valence-electron chi connectivity index (χ0n) is 10.2. The highest BCUT2D eigenvalue weighted by molar-refractivity contribution is 5.45. The van der Waals surface area contributed by atoms with E-state index in [4.69, 9.17) is 5.73 Å². The van der Waals surface area contributed by atoms with E-state index in [0.29, 0.717) is 5.69 Å². The maximum absolute atomic E-state index is 14.0. The van der Waals surface area contributed by atoms with Crippen molar-refractivity contribution in [2.75, 3.05) is 0 Å². The highest BCUT2D eigenvalue weighted by atomic mass is 19.1. The first kappa shape index (κ1) is 11.8. The second kappa shape index (κ2) is 4.30. The molecule has 2 N–H and O–H groups in total. The Bertz CT molecular complexity index is 544. The van der Waals surface area contributed by atoms with Gasteiger partial charge in [0.25, 0.3) is 0 Å². The number of nitrogens with zero attached hydrogens (tertiary/aromatic N) is 2. The summed E-state index contributed by atoms with van der Waals surface area (Å²) in [6, 6.07) is 4.74. The highest BCUT2D eigenvalue weighted by Crippen LogP contribution is 2.25. The van der Waals surface area contributed by atoms with Gasteiger partial charge in [0.2, 0.25) is 0 Å². The smallest absolute Gasteiger partial charge is 0.147 e. The fourth-order valence-corrected chi connectivity index (χ4v) is 1.88. The number of imidazole rings is 1. The van der Waals surface area contributed by atoms with Gasteiger partial charge in [-0.2, -0.15) is 0 Å². The third-order valence-corrected chi connectivity index (χ3v) is 3.00. The predicted molar refractivity (Wildman–Crippen MR) is 65.6 cm³/mol. The largest absolute Gasteiger partial charge is 0.324 e. The van der Waals surface area contributed by atoms with E-state index in [1.54, 1.807) is 17.0 Å². The summed E-state index contributed by atoms with van der Waals surface area (Å²) < 4.78 is 15.7. The normalized spacial score (nSPS) is 12.8. The minimum atomic E-state index is -0.277. The van der Waals surface area contributed by atoms with Crippen molar-refractivity contribution in [1.29, 1.82) is 0 Å². The Balaban J connectivity index is 2.70. The Labute approximate surface area is 100 Å². The molecule has 4 heteroatoms. The summed E-state index contributed by atoms with van der Waals surface area (Å²) in [6.45, 7) is 5.66. The molecule has 0 saturated carbocycles. The average molecular weight is 233 g/mol. The molecule has 17 heavy (non-hydrogen) atoms. The summed E-state index contributed by atoms with van der Waals surface area (Å²) in [4.78, 5) is 4.19. The van der Waals surface area contributed by atoms with Gasteiger partial charge in [-0.15, -0.1) is 0 Å². The van der Waals surface area contributed by atoms with Crippen molar-refractivity contribution in [3.8, 4) is 5.69 Å². The van der Waals surface area contributed by atoms with E-state index >= 15 is 0 Å². The minimum absolute atomic E-state index is 0.220. The van der Waals surface area contributed by atoms with Gasteiger partial charge in [0.15, 0.2) is 0 Å². The molecule has 2 rings (SSSR count). The molecule has 1 aromatic carbocycles. The molecule has 2 aromatic rings. The Morgan fingerprint density at radius 1 is 1.35 bits per heavy atom. The molecule has 0 aliphatic heterocycles. The van der Waals surface area contributed by atoms with Crippen molar-refractivity contribution in [2.45, 2.75) is 26.8 Å². The monoisotopic (exact) mass is 233 g/mol. The summed E-state index contributed by atoms with van der Waals surface area (Å²) >= 11 is 0. The second-order valence-corrected chi connectivity index (χ2v) is 4.25. The molecular weight excluding hydrogens is 217 g/mol. The molecule has 0 amide bonds. The fraction of sp³-hybridized carbons (Fsp3) is 0.308. The molecule has 0 aliphatic carbocycles. The number of aryl methyl sites for hydroxylation is 1. The van der Waals surface area contributed by atoms with Gasteiger partial charge < -0.3 is 10.3 Å². The van der Waals surface area contributed by atoms with E-state index in [0.717, 1.165) is 17.0 Å². The van der Waals surface area contributed by atoms with E-state index in [2.05, 4.69) is 4.98 Å². The molecule has 1 aromatic heterocycles. The van der Waals surface area contributed by atoms with E-state index in [-0.39, 0.29) is 11.9 Å². The number of para-hydroxylation sites is 1. The summed E-state index contributed by atoms with van der Waals surface area (Å²) in [6.07, 6.45) is 1.63. The zero-order valence-corrected chi connectivity index (χ0v) is 10.2. The molecule has 3 nitrogen and oxygen atoms in total. The quantitative estimate of drug-likeness (QED) is 0.866. The zero-order chi connectivity index (χ0) is 12.6. The number of halogens is 1. The maximum Gasteiger partial charge on any atom is 0.147 e. The van der Waals surface area contributed by atoms with E-state index in [1.807, 2.05) is 26.8 Å².